The second-order valence-electron chi connectivity index (χ2n) is 7.94. The predicted molar refractivity (Wildman–Crippen MR) is 112 cm³/mol. The Kier molecular flexibility index (Phi) is 7.25. The average molecular weight is 363 g/mol. The molecular weight excluding hydrogens is 332 g/mol. The molecule has 0 saturated carbocycles. The first-order valence-electron chi connectivity index (χ1n) is 9.71. The van der Waals surface area contributed by atoms with Crippen molar-refractivity contribution in [3.8, 4) is 11.8 Å². The Morgan fingerprint density at radius 1 is 0.963 bits per heavy atom. The summed E-state index contributed by atoms with van der Waals surface area (Å²) in [6.07, 6.45) is 2.42. The monoisotopic (exact) mass is 362 g/mol. The molecular formula is C25H30O2. The van der Waals surface area contributed by atoms with Crippen LogP contribution in [0.4, 0.5) is 0 Å². The van der Waals surface area contributed by atoms with E-state index >= 15 is 0 Å². The van der Waals surface area contributed by atoms with Gasteiger partial charge in [0.1, 0.15) is 0 Å². The van der Waals surface area contributed by atoms with Crippen LogP contribution in [0.1, 0.15) is 74.5 Å². The van der Waals surface area contributed by atoms with Gasteiger partial charge in [-0.05, 0) is 66.6 Å². The lowest BCUT2D eigenvalue weighted by Crippen LogP contribution is -2.17. The summed E-state index contributed by atoms with van der Waals surface area (Å²) >= 11 is 0. The Morgan fingerprint density at radius 3 is 1.96 bits per heavy atom. The number of rotatable bonds is 6. The highest BCUT2D eigenvalue weighted by Gasteiger charge is 2.20. The summed E-state index contributed by atoms with van der Waals surface area (Å²) in [6.45, 7) is 11.3. The Hall–Kier alpha value is -2.53. The molecule has 0 spiro atoms. The Morgan fingerprint density at radius 2 is 1.48 bits per heavy atom. The quantitative estimate of drug-likeness (QED) is 0.467. The number of hydrogen-bond acceptors (Lipinski definition) is 2. The zero-order valence-electron chi connectivity index (χ0n) is 17.1. The van der Waals surface area contributed by atoms with E-state index in [9.17, 15) is 4.79 Å². The van der Waals surface area contributed by atoms with Gasteiger partial charge in [-0.2, -0.15) is 0 Å². The molecule has 2 aromatic rings. The van der Waals surface area contributed by atoms with Crippen LogP contribution in [-0.4, -0.2) is 12.6 Å². The molecule has 0 fully saturated rings. The zero-order valence-corrected chi connectivity index (χ0v) is 17.1. The SMILES string of the molecule is CCOC(=O)c1ccc(C#Cc2ccc(C(C)(C)CCC(C)C)cc2)cc1. The molecule has 0 aliphatic heterocycles. The Bertz CT molecular complexity index is 800. The summed E-state index contributed by atoms with van der Waals surface area (Å²) in [6, 6.07) is 15.8. The summed E-state index contributed by atoms with van der Waals surface area (Å²) in [5.74, 6) is 6.78. The van der Waals surface area contributed by atoms with Crippen molar-refractivity contribution in [3.05, 3.63) is 70.8 Å². The maximum Gasteiger partial charge on any atom is 0.338 e. The van der Waals surface area contributed by atoms with Crippen LogP contribution in [0.15, 0.2) is 48.5 Å². The van der Waals surface area contributed by atoms with Gasteiger partial charge in [-0.25, -0.2) is 4.79 Å². The van der Waals surface area contributed by atoms with Crippen molar-refractivity contribution < 1.29 is 9.53 Å². The number of carbonyl (C=O) groups excluding carboxylic acids is 1. The van der Waals surface area contributed by atoms with Crippen LogP contribution >= 0.6 is 0 Å². The number of esters is 1. The Balaban J connectivity index is 2.06. The van der Waals surface area contributed by atoms with Crippen molar-refractivity contribution in [1.82, 2.24) is 0 Å². The van der Waals surface area contributed by atoms with Crippen LogP contribution in [0, 0.1) is 17.8 Å². The summed E-state index contributed by atoms with van der Waals surface area (Å²) in [7, 11) is 0. The van der Waals surface area contributed by atoms with Gasteiger partial charge in [-0.15, -0.1) is 0 Å². The highest BCUT2D eigenvalue weighted by molar-refractivity contribution is 5.89. The van der Waals surface area contributed by atoms with Crippen LogP contribution in [0.3, 0.4) is 0 Å². The third-order valence-electron chi connectivity index (χ3n) is 4.76. The summed E-state index contributed by atoms with van der Waals surface area (Å²) in [5, 5.41) is 0. The second-order valence-corrected chi connectivity index (χ2v) is 7.94. The minimum absolute atomic E-state index is 0.180. The largest absolute Gasteiger partial charge is 0.462 e. The van der Waals surface area contributed by atoms with Crippen molar-refractivity contribution in [2.45, 2.75) is 52.9 Å². The van der Waals surface area contributed by atoms with E-state index in [2.05, 4.69) is 63.8 Å². The van der Waals surface area contributed by atoms with Gasteiger partial charge in [0, 0.05) is 11.1 Å². The molecule has 0 aliphatic carbocycles. The molecule has 0 unspecified atom stereocenters. The molecule has 0 aliphatic rings. The molecule has 0 amide bonds. The topological polar surface area (TPSA) is 26.3 Å². The second kappa shape index (κ2) is 9.42. The maximum atomic E-state index is 11.7. The van der Waals surface area contributed by atoms with E-state index in [-0.39, 0.29) is 11.4 Å². The normalized spacial score (nSPS) is 11.0. The standard InChI is InChI=1S/C25H30O2/c1-6-27-24(26)22-13-9-20(10-14-22)7-8-21-11-15-23(16-12-21)25(4,5)18-17-19(2)3/h9-16,19H,6,17-18H2,1-5H3. The summed E-state index contributed by atoms with van der Waals surface area (Å²) in [4.78, 5) is 11.7. The lowest BCUT2D eigenvalue weighted by atomic mass is 9.79. The van der Waals surface area contributed by atoms with Crippen molar-refractivity contribution in [3.63, 3.8) is 0 Å². The van der Waals surface area contributed by atoms with E-state index in [4.69, 9.17) is 4.74 Å². The van der Waals surface area contributed by atoms with Crippen molar-refractivity contribution in [2.75, 3.05) is 6.61 Å². The first kappa shape index (κ1) is 20.8. The molecule has 0 heterocycles. The van der Waals surface area contributed by atoms with Crippen LogP contribution < -0.4 is 0 Å². The van der Waals surface area contributed by atoms with Crippen molar-refractivity contribution >= 4 is 5.97 Å². The van der Waals surface area contributed by atoms with Crippen LogP contribution in [0.2, 0.25) is 0 Å². The number of ether oxygens (including phenoxy) is 1. The van der Waals surface area contributed by atoms with E-state index in [0.717, 1.165) is 17.0 Å². The Labute approximate surface area is 164 Å². The molecule has 27 heavy (non-hydrogen) atoms. The molecule has 0 bridgehead atoms. The summed E-state index contributed by atoms with van der Waals surface area (Å²) < 4.78 is 4.99. The van der Waals surface area contributed by atoms with E-state index in [0.29, 0.717) is 12.2 Å². The number of carbonyl (C=O) groups is 1. The lowest BCUT2D eigenvalue weighted by molar-refractivity contribution is 0.0526. The molecule has 0 saturated heterocycles. The highest BCUT2D eigenvalue weighted by Crippen LogP contribution is 2.30. The van der Waals surface area contributed by atoms with Crippen LogP contribution in [0.5, 0.6) is 0 Å². The molecule has 0 aromatic heterocycles. The maximum absolute atomic E-state index is 11.7. The molecule has 0 N–H and O–H groups in total. The smallest absolute Gasteiger partial charge is 0.338 e. The summed E-state index contributed by atoms with van der Waals surface area (Å²) in [5.41, 5.74) is 3.96. The van der Waals surface area contributed by atoms with Gasteiger partial charge in [-0.3, -0.25) is 0 Å². The molecule has 2 rings (SSSR count). The van der Waals surface area contributed by atoms with Crippen molar-refractivity contribution in [1.29, 1.82) is 0 Å². The predicted octanol–water partition coefficient (Wildman–Crippen LogP) is 5.98. The molecule has 2 heteroatoms. The third-order valence-corrected chi connectivity index (χ3v) is 4.76. The van der Waals surface area contributed by atoms with Crippen LogP contribution in [0.25, 0.3) is 0 Å². The van der Waals surface area contributed by atoms with Gasteiger partial charge in [0.25, 0.3) is 0 Å². The van der Waals surface area contributed by atoms with E-state index in [1.807, 2.05) is 12.1 Å². The molecule has 0 atom stereocenters. The van der Waals surface area contributed by atoms with Crippen LogP contribution in [-0.2, 0) is 10.2 Å². The molecule has 2 aromatic carbocycles. The van der Waals surface area contributed by atoms with E-state index < -0.39 is 0 Å². The first-order chi connectivity index (χ1) is 12.8. The zero-order chi connectivity index (χ0) is 19.9. The molecule has 142 valence electrons. The fourth-order valence-electron chi connectivity index (χ4n) is 2.85. The lowest BCUT2D eigenvalue weighted by Gasteiger charge is -2.26. The highest BCUT2D eigenvalue weighted by atomic mass is 16.5. The fraction of sp³-hybridized carbons (Fsp3) is 0.400. The van der Waals surface area contributed by atoms with Gasteiger partial charge in [0.2, 0.25) is 0 Å². The van der Waals surface area contributed by atoms with E-state index in [1.54, 1.807) is 19.1 Å². The molecule has 0 radical (unpaired) electrons. The van der Waals surface area contributed by atoms with Gasteiger partial charge in [0.15, 0.2) is 0 Å². The number of hydrogen-bond donors (Lipinski definition) is 0. The fourth-order valence-corrected chi connectivity index (χ4v) is 2.85. The average Bonchev–Trinajstić information content (AvgIpc) is 2.66. The van der Waals surface area contributed by atoms with Gasteiger partial charge in [0.05, 0.1) is 12.2 Å². The van der Waals surface area contributed by atoms with Gasteiger partial charge < -0.3 is 4.74 Å². The molecule has 2 nitrogen and oxygen atoms in total. The minimum atomic E-state index is -0.298. The minimum Gasteiger partial charge on any atom is -0.462 e. The number of benzene rings is 2. The van der Waals surface area contributed by atoms with E-state index in [1.165, 1.54) is 18.4 Å². The van der Waals surface area contributed by atoms with Crippen molar-refractivity contribution in [2.24, 2.45) is 5.92 Å². The van der Waals surface area contributed by atoms with Gasteiger partial charge >= 0.3 is 5.97 Å². The van der Waals surface area contributed by atoms with Gasteiger partial charge in [-0.1, -0.05) is 58.1 Å². The third kappa shape index (κ3) is 6.29. The first-order valence-corrected chi connectivity index (χ1v) is 9.71.